The van der Waals surface area contributed by atoms with E-state index in [2.05, 4.69) is 44.3 Å². The van der Waals surface area contributed by atoms with Gasteiger partial charge in [-0.05, 0) is 39.3 Å². The molecule has 18 heavy (non-hydrogen) atoms. The molecule has 0 saturated heterocycles. The van der Waals surface area contributed by atoms with Crippen molar-refractivity contribution in [3.63, 3.8) is 0 Å². The Morgan fingerprint density at radius 2 is 1.78 bits per heavy atom. The topological polar surface area (TPSA) is 72.2 Å². The van der Waals surface area contributed by atoms with Crippen LogP contribution in [0.1, 0.15) is 36.1 Å². The van der Waals surface area contributed by atoms with Crippen molar-refractivity contribution < 1.29 is 8.42 Å². The molecule has 0 aliphatic heterocycles. The first-order valence-corrected chi connectivity index (χ1v) is 7.81. The Hall–Kier alpha value is -0.910. The lowest BCUT2D eigenvalue weighted by molar-refractivity contribution is 0.560. The van der Waals surface area contributed by atoms with E-state index in [1.54, 1.807) is 0 Å². The van der Waals surface area contributed by atoms with E-state index in [4.69, 9.17) is 5.14 Å². The summed E-state index contributed by atoms with van der Waals surface area (Å²) >= 11 is 0. The lowest BCUT2D eigenvalue weighted by Crippen LogP contribution is -2.24. The van der Waals surface area contributed by atoms with Crippen molar-refractivity contribution >= 4 is 10.0 Å². The molecule has 0 aliphatic rings. The Morgan fingerprint density at radius 3 is 2.28 bits per heavy atom. The molecule has 0 spiro atoms. The number of benzene rings is 1. The fourth-order valence-electron chi connectivity index (χ4n) is 1.97. The number of primary sulfonamides is 1. The molecular formula is C13H22N2O2S. The van der Waals surface area contributed by atoms with Gasteiger partial charge in [-0.15, -0.1) is 0 Å². The molecule has 0 heterocycles. The predicted octanol–water partition coefficient (Wildman–Crippen LogP) is 1.63. The van der Waals surface area contributed by atoms with Crippen LogP contribution in [-0.4, -0.2) is 20.7 Å². The minimum absolute atomic E-state index is 0.0273. The third kappa shape index (κ3) is 5.62. The number of nitrogens with one attached hydrogen (secondary N) is 1. The van der Waals surface area contributed by atoms with E-state index in [0.717, 1.165) is 0 Å². The molecule has 1 rings (SSSR count). The Balaban J connectivity index is 2.48. The van der Waals surface area contributed by atoms with Crippen LogP contribution >= 0.6 is 0 Å². The maximum atomic E-state index is 10.8. The van der Waals surface area contributed by atoms with Crippen molar-refractivity contribution in [3.05, 3.63) is 34.9 Å². The third-order valence-corrected chi connectivity index (χ3v) is 3.66. The van der Waals surface area contributed by atoms with Crippen molar-refractivity contribution in [2.24, 2.45) is 5.14 Å². The van der Waals surface area contributed by atoms with E-state index in [-0.39, 0.29) is 11.8 Å². The number of sulfonamides is 1. The van der Waals surface area contributed by atoms with Crippen molar-refractivity contribution in [1.29, 1.82) is 0 Å². The zero-order chi connectivity index (χ0) is 13.8. The normalized spacial score (nSPS) is 13.6. The molecule has 0 saturated carbocycles. The summed E-state index contributed by atoms with van der Waals surface area (Å²) in [6.07, 6.45) is 0.536. The van der Waals surface area contributed by atoms with E-state index in [1.807, 2.05) is 0 Å². The van der Waals surface area contributed by atoms with E-state index in [9.17, 15) is 8.42 Å². The zero-order valence-electron chi connectivity index (χ0n) is 11.2. The van der Waals surface area contributed by atoms with E-state index < -0.39 is 10.0 Å². The predicted molar refractivity (Wildman–Crippen MR) is 74.9 cm³/mol. The van der Waals surface area contributed by atoms with Gasteiger partial charge >= 0.3 is 0 Å². The second-order valence-electron chi connectivity index (χ2n) is 4.82. The summed E-state index contributed by atoms with van der Waals surface area (Å²) in [7, 11) is -3.34. The van der Waals surface area contributed by atoms with Crippen molar-refractivity contribution in [3.8, 4) is 0 Å². The van der Waals surface area contributed by atoms with E-state index >= 15 is 0 Å². The quantitative estimate of drug-likeness (QED) is 0.772. The van der Waals surface area contributed by atoms with Crippen LogP contribution in [0.15, 0.2) is 18.2 Å². The Morgan fingerprint density at radius 1 is 1.22 bits per heavy atom. The Kier molecular flexibility index (Phi) is 5.31. The van der Waals surface area contributed by atoms with Gasteiger partial charge in [0.1, 0.15) is 0 Å². The van der Waals surface area contributed by atoms with Crippen molar-refractivity contribution in [2.45, 2.75) is 33.2 Å². The minimum Gasteiger partial charge on any atom is -0.310 e. The second kappa shape index (κ2) is 6.31. The lowest BCUT2D eigenvalue weighted by atomic mass is 10.0. The largest absolute Gasteiger partial charge is 0.310 e. The summed E-state index contributed by atoms with van der Waals surface area (Å²) in [5, 5.41) is 8.25. The molecule has 0 radical (unpaired) electrons. The Labute approximate surface area is 110 Å². The van der Waals surface area contributed by atoms with Gasteiger partial charge in [-0.2, -0.15) is 0 Å². The molecule has 3 N–H and O–H groups in total. The van der Waals surface area contributed by atoms with Gasteiger partial charge in [-0.1, -0.05) is 29.3 Å². The van der Waals surface area contributed by atoms with Crippen LogP contribution in [0.5, 0.6) is 0 Å². The zero-order valence-corrected chi connectivity index (χ0v) is 12.0. The SMILES string of the molecule is Cc1cc(C)cc(C(C)NCCCS(N)(=O)=O)c1. The van der Waals surface area contributed by atoms with Gasteiger partial charge in [0.2, 0.25) is 10.0 Å². The van der Waals surface area contributed by atoms with Crippen LogP contribution in [0.2, 0.25) is 0 Å². The number of hydrogen-bond donors (Lipinski definition) is 2. The number of aryl methyl sites for hydroxylation is 2. The summed E-state index contributed by atoms with van der Waals surface area (Å²) in [5.74, 6) is 0.0273. The van der Waals surface area contributed by atoms with Gasteiger partial charge < -0.3 is 5.32 Å². The maximum absolute atomic E-state index is 10.8. The average molecular weight is 270 g/mol. The van der Waals surface area contributed by atoms with Gasteiger partial charge in [0.05, 0.1) is 5.75 Å². The van der Waals surface area contributed by atoms with Crippen molar-refractivity contribution in [1.82, 2.24) is 5.32 Å². The van der Waals surface area contributed by atoms with Crippen LogP contribution in [0, 0.1) is 13.8 Å². The monoisotopic (exact) mass is 270 g/mol. The van der Waals surface area contributed by atoms with E-state index in [1.165, 1.54) is 16.7 Å². The maximum Gasteiger partial charge on any atom is 0.209 e. The molecule has 0 aliphatic carbocycles. The molecule has 4 nitrogen and oxygen atoms in total. The molecule has 0 bridgehead atoms. The molecule has 102 valence electrons. The minimum atomic E-state index is -3.34. The summed E-state index contributed by atoms with van der Waals surface area (Å²) < 4.78 is 21.6. The molecule has 0 amide bonds. The van der Waals surface area contributed by atoms with Crippen LogP contribution < -0.4 is 10.5 Å². The molecule has 5 heteroatoms. The van der Waals surface area contributed by atoms with Crippen LogP contribution in [0.25, 0.3) is 0 Å². The average Bonchev–Trinajstić information content (AvgIpc) is 2.21. The van der Waals surface area contributed by atoms with Crippen molar-refractivity contribution in [2.75, 3.05) is 12.3 Å². The summed E-state index contributed by atoms with van der Waals surface area (Å²) in [4.78, 5) is 0. The van der Waals surface area contributed by atoms with Gasteiger partial charge in [0, 0.05) is 6.04 Å². The molecule has 1 unspecified atom stereocenters. The summed E-state index contributed by atoms with van der Waals surface area (Å²) in [6.45, 7) is 6.87. The second-order valence-corrected chi connectivity index (χ2v) is 6.55. The molecular weight excluding hydrogens is 248 g/mol. The summed E-state index contributed by atoms with van der Waals surface area (Å²) in [5.41, 5.74) is 3.70. The molecule has 0 aromatic heterocycles. The molecule has 1 aromatic carbocycles. The highest BCUT2D eigenvalue weighted by Crippen LogP contribution is 2.16. The number of nitrogens with two attached hydrogens (primary N) is 1. The standard InChI is InChI=1S/C13H22N2O2S/c1-10-7-11(2)9-13(8-10)12(3)15-5-4-6-18(14,16)17/h7-9,12,15H,4-6H2,1-3H3,(H2,14,16,17). The highest BCUT2D eigenvalue weighted by atomic mass is 32.2. The smallest absolute Gasteiger partial charge is 0.209 e. The first-order chi connectivity index (χ1) is 8.28. The first kappa shape index (κ1) is 15.1. The van der Waals surface area contributed by atoms with Gasteiger partial charge in [-0.3, -0.25) is 0 Å². The fraction of sp³-hybridized carbons (Fsp3) is 0.538. The third-order valence-electron chi connectivity index (χ3n) is 2.80. The number of hydrogen-bond acceptors (Lipinski definition) is 3. The highest BCUT2D eigenvalue weighted by molar-refractivity contribution is 7.89. The van der Waals surface area contributed by atoms with Gasteiger partial charge in [0.15, 0.2) is 0 Å². The van der Waals surface area contributed by atoms with Crippen LogP contribution in [0.4, 0.5) is 0 Å². The lowest BCUT2D eigenvalue weighted by Gasteiger charge is -2.15. The molecule has 1 aromatic rings. The molecule has 1 atom stereocenters. The summed E-state index contributed by atoms with van der Waals surface area (Å²) in [6, 6.07) is 6.63. The van der Waals surface area contributed by atoms with E-state index in [0.29, 0.717) is 13.0 Å². The first-order valence-electron chi connectivity index (χ1n) is 6.10. The number of rotatable bonds is 6. The highest BCUT2D eigenvalue weighted by Gasteiger charge is 2.07. The van der Waals surface area contributed by atoms with Crippen LogP contribution in [0.3, 0.4) is 0 Å². The van der Waals surface area contributed by atoms with Crippen LogP contribution in [-0.2, 0) is 10.0 Å². The molecule has 0 fully saturated rings. The van der Waals surface area contributed by atoms with Gasteiger partial charge in [0.25, 0.3) is 0 Å². The fourth-order valence-corrected chi connectivity index (χ4v) is 2.52. The van der Waals surface area contributed by atoms with Gasteiger partial charge in [-0.25, -0.2) is 13.6 Å². The Bertz CT molecular complexity index is 477.